The molecule has 0 aromatic heterocycles. The van der Waals surface area contributed by atoms with Crippen molar-refractivity contribution in [3.8, 4) is 0 Å². The summed E-state index contributed by atoms with van der Waals surface area (Å²) in [7, 11) is 2.22. The second-order valence-electron chi connectivity index (χ2n) is 7.59. The zero-order valence-corrected chi connectivity index (χ0v) is 17.3. The van der Waals surface area contributed by atoms with Crippen LogP contribution >= 0.6 is 0 Å². The molecule has 4 heteroatoms. The van der Waals surface area contributed by atoms with E-state index >= 15 is 0 Å². The Morgan fingerprint density at radius 1 is 1.08 bits per heavy atom. The SMILES string of the molecule is CN(Cc1ccccc1)C1=CC(=[N+]2CCOCC2)CC(C)(C)C1.[I-]. The highest BCUT2D eigenvalue weighted by atomic mass is 127. The average Bonchev–Trinajstić information content (AvgIpc) is 2.55. The maximum absolute atomic E-state index is 5.51. The van der Waals surface area contributed by atoms with Crippen LogP contribution < -0.4 is 24.0 Å². The van der Waals surface area contributed by atoms with Gasteiger partial charge in [0, 0.05) is 31.8 Å². The van der Waals surface area contributed by atoms with Crippen molar-refractivity contribution in [2.75, 3.05) is 33.4 Å². The molecule has 0 saturated carbocycles. The van der Waals surface area contributed by atoms with Crippen molar-refractivity contribution in [2.24, 2.45) is 5.41 Å². The van der Waals surface area contributed by atoms with Crippen molar-refractivity contribution in [1.82, 2.24) is 4.90 Å². The van der Waals surface area contributed by atoms with Crippen LogP contribution in [0.3, 0.4) is 0 Å². The van der Waals surface area contributed by atoms with E-state index in [0.29, 0.717) is 5.41 Å². The molecule has 0 N–H and O–H groups in total. The summed E-state index contributed by atoms with van der Waals surface area (Å²) in [6.45, 7) is 9.50. The van der Waals surface area contributed by atoms with Crippen molar-refractivity contribution in [1.29, 1.82) is 0 Å². The molecule has 0 spiro atoms. The fourth-order valence-electron chi connectivity index (χ4n) is 3.60. The van der Waals surface area contributed by atoms with E-state index in [-0.39, 0.29) is 24.0 Å². The van der Waals surface area contributed by atoms with E-state index < -0.39 is 0 Å². The van der Waals surface area contributed by atoms with Gasteiger partial charge in [-0.2, -0.15) is 0 Å². The molecule has 3 rings (SSSR count). The topological polar surface area (TPSA) is 15.5 Å². The molecule has 0 radical (unpaired) electrons. The van der Waals surface area contributed by atoms with Gasteiger partial charge >= 0.3 is 0 Å². The van der Waals surface area contributed by atoms with Crippen LogP contribution in [0.25, 0.3) is 0 Å². The highest BCUT2D eigenvalue weighted by molar-refractivity contribution is 5.92. The molecule has 1 aromatic carbocycles. The number of ether oxygens (including phenoxy) is 1. The van der Waals surface area contributed by atoms with E-state index in [9.17, 15) is 0 Å². The Kier molecular flexibility index (Phi) is 6.87. The molecule has 2 aliphatic rings. The number of allylic oxidation sites excluding steroid dienone is 2. The van der Waals surface area contributed by atoms with Crippen LogP contribution in [0.15, 0.2) is 42.1 Å². The van der Waals surface area contributed by atoms with Gasteiger partial charge in [0.15, 0.2) is 18.8 Å². The predicted octanol–water partition coefficient (Wildman–Crippen LogP) is 0.310. The Morgan fingerprint density at radius 3 is 2.42 bits per heavy atom. The normalized spacial score (nSPS) is 20.2. The second-order valence-corrected chi connectivity index (χ2v) is 7.59. The van der Waals surface area contributed by atoms with E-state index in [0.717, 1.165) is 45.7 Å². The van der Waals surface area contributed by atoms with Gasteiger partial charge in [-0.1, -0.05) is 44.2 Å². The quantitative estimate of drug-likeness (QED) is 0.497. The number of halogens is 1. The molecule has 0 amide bonds. The predicted molar refractivity (Wildman–Crippen MR) is 94.8 cm³/mol. The fraction of sp³-hybridized carbons (Fsp3) is 0.550. The number of benzene rings is 1. The molecule has 1 saturated heterocycles. The number of rotatable bonds is 3. The van der Waals surface area contributed by atoms with E-state index in [4.69, 9.17) is 4.74 Å². The van der Waals surface area contributed by atoms with Crippen molar-refractivity contribution >= 4 is 5.71 Å². The van der Waals surface area contributed by atoms with E-state index in [1.165, 1.54) is 17.0 Å². The molecule has 1 fully saturated rings. The summed E-state index contributed by atoms with van der Waals surface area (Å²) >= 11 is 0. The minimum Gasteiger partial charge on any atom is -1.00 e. The molecule has 1 aliphatic heterocycles. The lowest BCUT2D eigenvalue weighted by atomic mass is 9.78. The first kappa shape index (κ1) is 19.4. The number of nitrogens with zero attached hydrogens (tertiary/aromatic N) is 2. The molecule has 24 heavy (non-hydrogen) atoms. The second kappa shape index (κ2) is 8.48. The van der Waals surface area contributed by atoms with E-state index in [2.05, 4.69) is 66.8 Å². The molecule has 0 unspecified atom stereocenters. The minimum absolute atomic E-state index is 0. The first-order chi connectivity index (χ1) is 11.0. The third kappa shape index (κ3) is 5.06. The summed E-state index contributed by atoms with van der Waals surface area (Å²) in [4.78, 5) is 2.41. The largest absolute Gasteiger partial charge is 1.00 e. The highest BCUT2D eigenvalue weighted by Crippen LogP contribution is 2.35. The first-order valence-electron chi connectivity index (χ1n) is 8.68. The average molecular weight is 440 g/mol. The van der Waals surface area contributed by atoms with Gasteiger partial charge in [-0.3, -0.25) is 0 Å². The smallest absolute Gasteiger partial charge is 0.178 e. The molecular weight excluding hydrogens is 411 g/mol. The molecule has 1 aromatic rings. The van der Waals surface area contributed by atoms with Crippen molar-refractivity contribution in [3.05, 3.63) is 47.7 Å². The van der Waals surface area contributed by atoms with Gasteiger partial charge < -0.3 is 33.6 Å². The Labute approximate surface area is 163 Å². The summed E-state index contributed by atoms with van der Waals surface area (Å²) in [6.07, 6.45) is 4.74. The van der Waals surface area contributed by atoms with Gasteiger partial charge in [0.1, 0.15) is 13.2 Å². The summed E-state index contributed by atoms with van der Waals surface area (Å²) in [6, 6.07) is 10.7. The van der Waals surface area contributed by atoms with Crippen molar-refractivity contribution in [3.63, 3.8) is 0 Å². The third-order valence-corrected chi connectivity index (χ3v) is 4.82. The maximum Gasteiger partial charge on any atom is 0.178 e. The van der Waals surface area contributed by atoms with Crippen molar-refractivity contribution < 1.29 is 33.3 Å². The van der Waals surface area contributed by atoms with Gasteiger partial charge in [0.05, 0.1) is 0 Å². The standard InChI is InChI=1S/C20H29N2O.HI/c1-20(2)14-18(21(3)16-17-7-5-4-6-8-17)13-19(15-20)22-9-11-23-12-10-22;/h4-8,13H,9-12,14-16H2,1-3H3;1H/q+1;/p-1. The van der Waals surface area contributed by atoms with Gasteiger partial charge in [-0.15, -0.1) is 0 Å². The van der Waals surface area contributed by atoms with Gasteiger partial charge in [0.2, 0.25) is 0 Å². The zero-order valence-electron chi connectivity index (χ0n) is 15.1. The van der Waals surface area contributed by atoms with Crippen LogP contribution in [0.1, 0.15) is 32.3 Å². The molecule has 132 valence electrons. The molecule has 1 aliphatic carbocycles. The Balaban J connectivity index is 0.00000208. The summed E-state index contributed by atoms with van der Waals surface area (Å²) in [5, 5.41) is 0. The number of hydrogen-bond donors (Lipinski definition) is 0. The minimum atomic E-state index is 0. The molecule has 3 nitrogen and oxygen atoms in total. The fourth-order valence-corrected chi connectivity index (χ4v) is 3.60. The Hall–Kier alpha value is -0.880. The van der Waals surface area contributed by atoms with Crippen LogP contribution in [0.4, 0.5) is 0 Å². The molecule has 0 atom stereocenters. The summed E-state index contributed by atoms with van der Waals surface area (Å²) in [5.41, 5.74) is 4.63. The molecule has 1 heterocycles. The first-order valence-corrected chi connectivity index (χ1v) is 8.68. The van der Waals surface area contributed by atoms with Gasteiger partial charge in [-0.05, 0) is 17.4 Å². The lowest BCUT2D eigenvalue weighted by Gasteiger charge is -2.34. The van der Waals surface area contributed by atoms with Crippen LogP contribution in [-0.4, -0.2) is 48.5 Å². The third-order valence-electron chi connectivity index (χ3n) is 4.82. The molecule has 0 bridgehead atoms. The number of morpholine rings is 1. The lowest BCUT2D eigenvalue weighted by Crippen LogP contribution is -3.00. The Morgan fingerprint density at radius 2 is 1.75 bits per heavy atom. The van der Waals surface area contributed by atoms with Crippen LogP contribution in [0, 0.1) is 5.41 Å². The van der Waals surface area contributed by atoms with Crippen LogP contribution in [-0.2, 0) is 11.3 Å². The van der Waals surface area contributed by atoms with Crippen LogP contribution in [0.2, 0.25) is 0 Å². The van der Waals surface area contributed by atoms with Crippen LogP contribution in [0.5, 0.6) is 0 Å². The zero-order chi connectivity index (χ0) is 16.3. The van der Waals surface area contributed by atoms with E-state index in [1.807, 2.05) is 0 Å². The summed E-state index contributed by atoms with van der Waals surface area (Å²) in [5.74, 6) is 0. The lowest BCUT2D eigenvalue weighted by molar-refractivity contribution is -0.550. The monoisotopic (exact) mass is 440 g/mol. The summed E-state index contributed by atoms with van der Waals surface area (Å²) < 4.78 is 8.02. The van der Waals surface area contributed by atoms with Gasteiger partial charge in [0.25, 0.3) is 0 Å². The van der Waals surface area contributed by atoms with Gasteiger partial charge in [-0.25, -0.2) is 4.58 Å². The maximum atomic E-state index is 5.51. The van der Waals surface area contributed by atoms with E-state index in [1.54, 1.807) is 0 Å². The Bertz CT molecular complexity index is 599. The van der Waals surface area contributed by atoms with Crippen molar-refractivity contribution in [2.45, 2.75) is 33.2 Å². The number of hydrogen-bond acceptors (Lipinski definition) is 2. The highest BCUT2D eigenvalue weighted by Gasteiger charge is 2.32. The molecular formula is C20H29IN2O.